The van der Waals surface area contributed by atoms with E-state index < -0.39 is 5.97 Å². The maximum atomic E-state index is 11.3. The molecule has 3 heterocycles. The second kappa shape index (κ2) is 8.16. The van der Waals surface area contributed by atoms with Crippen molar-refractivity contribution in [3.63, 3.8) is 0 Å². The quantitative estimate of drug-likeness (QED) is 0.773. The minimum atomic E-state index is -0.727. The lowest BCUT2D eigenvalue weighted by atomic mass is 9.89. The van der Waals surface area contributed by atoms with E-state index in [1.54, 1.807) is 17.7 Å². The lowest BCUT2D eigenvalue weighted by Gasteiger charge is -2.39. The van der Waals surface area contributed by atoms with Crippen LogP contribution in [0.3, 0.4) is 0 Å². The minimum Gasteiger partial charge on any atom is -0.481 e. The van der Waals surface area contributed by atoms with Gasteiger partial charge in [0.2, 0.25) is 0 Å². The second-order valence-corrected chi connectivity index (χ2v) is 9.56. The molecule has 2 N–H and O–H groups in total. The molecule has 1 aliphatic heterocycles. The summed E-state index contributed by atoms with van der Waals surface area (Å²) in [4.78, 5) is 25.3. The topological polar surface area (TPSA) is 87.6 Å². The molecule has 156 valence electrons. The summed E-state index contributed by atoms with van der Waals surface area (Å²) in [5, 5.41) is 14.1. The van der Waals surface area contributed by atoms with Gasteiger partial charge in [0.25, 0.3) is 0 Å². The van der Waals surface area contributed by atoms with Crippen molar-refractivity contribution in [2.45, 2.75) is 62.9 Å². The number of ether oxygens (including phenoxy) is 1. The van der Waals surface area contributed by atoms with E-state index in [0.29, 0.717) is 12.1 Å². The van der Waals surface area contributed by atoms with Gasteiger partial charge in [0.15, 0.2) is 0 Å². The summed E-state index contributed by atoms with van der Waals surface area (Å²) in [7, 11) is 0. The highest BCUT2D eigenvalue weighted by Gasteiger charge is 2.32. The van der Waals surface area contributed by atoms with Gasteiger partial charge in [0.05, 0.1) is 25.0 Å². The molecule has 0 unspecified atom stereocenters. The molecule has 2 fully saturated rings. The molecule has 0 spiro atoms. The summed E-state index contributed by atoms with van der Waals surface area (Å²) in [5.74, 6) is 0.259. The van der Waals surface area contributed by atoms with Crippen molar-refractivity contribution in [3.8, 4) is 0 Å². The zero-order valence-electron chi connectivity index (χ0n) is 16.6. The van der Waals surface area contributed by atoms with Crippen molar-refractivity contribution in [3.05, 3.63) is 16.8 Å². The zero-order chi connectivity index (χ0) is 19.8. The monoisotopic (exact) mass is 416 g/mol. The maximum absolute atomic E-state index is 11.3. The van der Waals surface area contributed by atoms with Crippen LogP contribution in [0.2, 0.25) is 0 Å². The van der Waals surface area contributed by atoms with E-state index in [2.05, 4.69) is 20.2 Å². The molecule has 3 aliphatic rings. The molecule has 2 aliphatic carbocycles. The molecule has 2 aromatic rings. The number of carbonyl (C=O) groups is 1. The fourth-order valence-corrected chi connectivity index (χ4v) is 6.55. The molecule has 5 rings (SSSR count). The second-order valence-electron chi connectivity index (χ2n) is 8.47. The number of anilines is 1. The SMILES string of the molecule is O=C(O)C[C@H]1CCc2sc3ncnc(N[C@H]4CC[C@H](N5CCOCC5)CC4)c3c21. The number of carboxylic acids is 1. The van der Waals surface area contributed by atoms with Crippen molar-refractivity contribution in [1.29, 1.82) is 0 Å². The third kappa shape index (κ3) is 3.85. The van der Waals surface area contributed by atoms with Crippen LogP contribution in [-0.4, -0.2) is 64.3 Å². The fraction of sp³-hybridized carbons (Fsp3) is 0.667. The van der Waals surface area contributed by atoms with E-state index >= 15 is 0 Å². The van der Waals surface area contributed by atoms with Crippen LogP contribution in [-0.2, 0) is 16.0 Å². The smallest absolute Gasteiger partial charge is 0.303 e. The number of fused-ring (bicyclic) bond motifs is 3. The van der Waals surface area contributed by atoms with E-state index in [1.165, 1.54) is 23.3 Å². The Morgan fingerprint density at radius 3 is 2.76 bits per heavy atom. The number of hydrogen-bond acceptors (Lipinski definition) is 7. The van der Waals surface area contributed by atoms with Crippen molar-refractivity contribution in [1.82, 2.24) is 14.9 Å². The fourth-order valence-electron chi connectivity index (χ4n) is 5.31. The van der Waals surface area contributed by atoms with Gasteiger partial charge in [-0.2, -0.15) is 0 Å². The van der Waals surface area contributed by atoms with E-state index in [4.69, 9.17) is 4.74 Å². The Balaban J connectivity index is 1.32. The summed E-state index contributed by atoms with van der Waals surface area (Å²) in [6.45, 7) is 3.83. The van der Waals surface area contributed by atoms with Crippen LogP contribution in [0.1, 0.15) is 54.9 Å². The third-order valence-electron chi connectivity index (χ3n) is 6.75. The molecule has 2 aromatic heterocycles. The van der Waals surface area contributed by atoms with E-state index in [-0.39, 0.29) is 12.3 Å². The van der Waals surface area contributed by atoms with Crippen molar-refractivity contribution >= 4 is 33.3 Å². The Morgan fingerprint density at radius 1 is 1.21 bits per heavy atom. The highest BCUT2D eigenvalue weighted by Crippen LogP contribution is 2.46. The first-order valence-corrected chi connectivity index (χ1v) is 11.6. The van der Waals surface area contributed by atoms with Crippen LogP contribution >= 0.6 is 11.3 Å². The van der Waals surface area contributed by atoms with Crippen molar-refractivity contribution < 1.29 is 14.6 Å². The van der Waals surface area contributed by atoms with Crippen LogP contribution < -0.4 is 5.32 Å². The Kier molecular flexibility index (Phi) is 5.41. The zero-order valence-corrected chi connectivity index (χ0v) is 17.4. The van der Waals surface area contributed by atoms with Gasteiger partial charge >= 0.3 is 5.97 Å². The van der Waals surface area contributed by atoms with Gasteiger partial charge in [-0.15, -0.1) is 11.3 Å². The summed E-state index contributed by atoms with van der Waals surface area (Å²) >= 11 is 1.71. The lowest BCUT2D eigenvalue weighted by Crippen LogP contribution is -2.46. The Bertz CT molecular complexity index is 887. The molecular weight excluding hydrogens is 388 g/mol. The highest BCUT2D eigenvalue weighted by molar-refractivity contribution is 7.19. The standard InChI is InChI=1S/C21H28N4O3S/c26-17(27)11-13-1-6-16-18(13)19-20(22-12-23-21(19)29-16)24-14-2-4-15(5-3-14)25-7-9-28-10-8-25/h12-15H,1-11H2,(H,26,27)(H,22,23,24)/t13-,14-,15-/m1/s1. The molecule has 1 saturated heterocycles. The Morgan fingerprint density at radius 2 is 2.00 bits per heavy atom. The number of carboxylic acid groups (broad SMARTS) is 1. The summed E-state index contributed by atoms with van der Waals surface area (Å²) in [6.07, 6.45) is 8.39. The number of nitrogens with one attached hydrogen (secondary N) is 1. The molecule has 0 radical (unpaired) electrons. The van der Waals surface area contributed by atoms with Gasteiger partial charge in [-0.05, 0) is 50.0 Å². The number of rotatable bonds is 5. The first-order chi connectivity index (χ1) is 14.2. The van der Waals surface area contributed by atoms with Crippen LogP contribution in [0.15, 0.2) is 6.33 Å². The molecular formula is C21H28N4O3S. The van der Waals surface area contributed by atoms with Crippen LogP contribution in [0.4, 0.5) is 5.82 Å². The van der Waals surface area contributed by atoms with E-state index in [0.717, 1.165) is 68.0 Å². The van der Waals surface area contributed by atoms with E-state index in [9.17, 15) is 9.90 Å². The van der Waals surface area contributed by atoms with E-state index in [1.807, 2.05) is 0 Å². The number of morpholine rings is 1. The molecule has 0 bridgehead atoms. The van der Waals surface area contributed by atoms with Crippen LogP contribution in [0, 0.1) is 0 Å². The van der Waals surface area contributed by atoms with Gasteiger partial charge in [-0.25, -0.2) is 9.97 Å². The molecule has 8 heteroatoms. The molecule has 7 nitrogen and oxygen atoms in total. The molecule has 0 aromatic carbocycles. The maximum Gasteiger partial charge on any atom is 0.303 e. The van der Waals surface area contributed by atoms with Crippen molar-refractivity contribution in [2.75, 3.05) is 31.6 Å². The van der Waals surface area contributed by atoms with Gasteiger partial charge in [0, 0.05) is 30.1 Å². The Labute approximate surface area is 174 Å². The largest absolute Gasteiger partial charge is 0.481 e. The number of aliphatic carboxylic acids is 1. The number of aryl methyl sites for hydroxylation is 1. The summed E-state index contributed by atoms with van der Waals surface area (Å²) in [5.41, 5.74) is 1.19. The van der Waals surface area contributed by atoms with Crippen molar-refractivity contribution in [2.24, 2.45) is 0 Å². The van der Waals surface area contributed by atoms with Gasteiger partial charge in [0.1, 0.15) is 17.0 Å². The first-order valence-electron chi connectivity index (χ1n) is 10.8. The molecule has 0 amide bonds. The average Bonchev–Trinajstić information content (AvgIpc) is 3.29. The Hall–Kier alpha value is -1.77. The predicted molar refractivity (Wildman–Crippen MR) is 113 cm³/mol. The molecule has 29 heavy (non-hydrogen) atoms. The minimum absolute atomic E-state index is 0.0832. The van der Waals surface area contributed by atoms with Gasteiger partial charge < -0.3 is 15.2 Å². The summed E-state index contributed by atoms with van der Waals surface area (Å²) < 4.78 is 5.49. The first kappa shape index (κ1) is 19.2. The molecule has 1 saturated carbocycles. The highest BCUT2D eigenvalue weighted by atomic mass is 32.1. The number of aromatic nitrogens is 2. The van der Waals surface area contributed by atoms with Gasteiger partial charge in [-0.3, -0.25) is 9.69 Å². The van der Waals surface area contributed by atoms with Gasteiger partial charge in [-0.1, -0.05) is 0 Å². The lowest BCUT2D eigenvalue weighted by molar-refractivity contribution is -0.137. The number of nitrogens with zero attached hydrogens (tertiary/aromatic N) is 3. The normalized spacial score (nSPS) is 27.8. The van der Waals surface area contributed by atoms with Crippen LogP contribution in [0.25, 0.3) is 10.2 Å². The number of thiophene rings is 1. The summed E-state index contributed by atoms with van der Waals surface area (Å²) in [6, 6.07) is 1.09. The molecule has 1 atom stereocenters. The average molecular weight is 417 g/mol. The van der Waals surface area contributed by atoms with Crippen LogP contribution in [0.5, 0.6) is 0 Å². The number of hydrogen-bond donors (Lipinski definition) is 2. The predicted octanol–water partition coefficient (Wildman–Crippen LogP) is 3.25. The third-order valence-corrected chi connectivity index (χ3v) is 7.92.